The van der Waals surface area contributed by atoms with E-state index in [0.717, 1.165) is 0 Å². The molecule has 1 amide bonds. The Hall–Kier alpha value is -2.47. The van der Waals surface area contributed by atoms with Crippen LogP contribution in [0.5, 0.6) is 0 Å². The quantitative estimate of drug-likeness (QED) is 0.852. The lowest BCUT2D eigenvalue weighted by Crippen LogP contribution is -2.30. The van der Waals surface area contributed by atoms with Gasteiger partial charge in [0, 0.05) is 6.20 Å². The highest BCUT2D eigenvalue weighted by Crippen LogP contribution is 2.11. The summed E-state index contributed by atoms with van der Waals surface area (Å²) in [5.41, 5.74) is 0.212. The van der Waals surface area contributed by atoms with Crippen LogP contribution in [0.25, 0.3) is 0 Å². The normalized spacial score (nSPS) is 11.6. The lowest BCUT2D eigenvalue weighted by molar-refractivity contribution is -0.152. The van der Waals surface area contributed by atoms with Gasteiger partial charge in [-0.05, 0) is 30.7 Å². The predicted molar refractivity (Wildman–Crippen MR) is 83.5 cm³/mol. The molecule has 0 radical (unpaired) electrons. The summed E-state index contributed by atoms with van der Waals surface area (Å²) in [4.78, 5) is 27.6. The molecule has 5 nitrogen and oxygen atoms in total. The standard InChI is InChI=1S/C16H14ClFN2O3/c1-10(16(22)20-14-7-6-12(17)9-19-14)23-15(21)8-11-4-2-3-5-13(11)18/h2-7,9-10H,8H2,1H3,(H,19,20,22). The summed E-state index contributed by atoms with van der Waals surface area (Å²) >= 11 is 5.69. The molecule has 0 fully saturated rings. The number of esters is 1. The van der Waals surface area contributed by atoms with Gasteiger partial charge in [0.15, 0.2) is 6.10 Å². The number of carbonyl (C=O) groups is 2. The van der Waals surface area contributed by atoms with E-state index in [-0.39, 0.29) is 17.8 Å². The van der Waals surface area contributed by atoms with Crippen LogP contribution >= 0.6 is 11.6 Å². The molecule has 0 saturated carbocycles. The number of hydrogen-bond donors (Lipinski definition) is 1. The summed E-state index contributed by atoms with van der Waals surface area (Å²) in [5, 5.41) is 2.93. The maximum Gasteiger partial charge on any atom is 0.311 e. The summed E-state index contributed by atoms with van der Waals surface area (Å²) in [6.07, 6.45) is 0.0990. The van der Waals surface area contributed by atoms with E-state index in [1.807, 2.05) is 0 Å². The third kappa shape index (κ3) is 5.03. The Morgan fingerprint density at radius 1 is 1.30 bits per heavy atom. The number of halogens is 2. The summed E-state index contributed by atoms with van der Waals surface area (Å²) in [7, 11) is 0. The SMILES string of the molecule is CC(OC(=O)Cc1ccccc1F)C(=O)Nc1ccc(Cl)cn1. The fourth-order valence-corrected chi connectivity index (χ4v) is 1.88. The Labute approximate surface area is 137 Å². The first-order valence-corrected chi connectivity index (χ1v) is 7.19. The van der Waals surface area contributed by atoms with Crippen molar-refractivity contribution < 1.29 is 18.7 Å². The van der Waals surface area contributed by atoms with Crippen molar-refractivity contribution >= 4 is 29.3 Å². The van der Waals surface area contributed by atoms with Crippen molar-refractivity contribution in [2.45, 2.75) is 19.4 Å². The van der Waals surface area contributed by atoms with Crippen LogP contribution in [0.4, 0.5) is 10.2 Å². The van der Waals surface area contributed by atoms with Gasteiger partial charge in [0.1, 0.15) is 11.6 Å². The Morgan fingerprint density at radius 2 is 2.04 bits per heavy atom. The monoisotopic (exact) mass is 336 g/mol. The number of carbonyl (C=O) groups excluding carboxylic acids is 2. The Balaban J connectivity index is 1.89. The highest BCUT2D eigenvalue weighted by molar-refractivity contribution is 6.30. The van der Waals surface area contributed by atoms with Crippen LogP contribution in [0.1, 0.15) is 12.5 Å². The molecule has 1 heterocycles. The molecule has 1 aromatic heterocycles. The van der Waals surface area contributed by atoms with Gasteiger partial charge < -0.3 is 10.1 Å². The van der Waals surface area contributed by atoms with Crippen LogP contribution in [-0.4, -0.2) is 23.0 Å². The van der Waals surface area contributed by atoms with Crippen LogP contribution in [0.3, 0.4) is 0 Å². The predicted octanol–water partition coefficient (Wildman–Crippen LogP) is 2.99. The molecule has 2 aromatic rings. The zero-order chi connectivity index (χ0) is 16.8. The molecule has 7 heteroatoms. The number of nitrogens with zero attached hydrogens (tertiary/aromatic N) is 1. The zero-order valence-corrected chi connectivity index (χ0v) is 13.0. The van der Waals surface area contributed by atoms with E-state index >= 15 is 0 Å². The van der Waals surface area contributed by atoms with Gasteiger partial charge in [-0.15, -0.1) is 0 Å². The Morgan fingerprint density at radius 3 is 2.70 bits per heavy atom. The second-order valence-corrected chi connectivity index (χ2v) is 5.19. The molecule has 0 aliphatic rings. The number of pyridine rings is 1. The van der Waals surface area contributed by atoms with Gasteiger partial charge in [-0.1, -0.05) is 29.8 Å². The second-order valence-electron chi connectivity index (χ2n) is 4.75. The number of anilines is 1. The second kappa shape index (κ2) is 7.69. The van der Waals surface area contributed by atoms with Crippen molar-refractivity contribution in [3.8, 4) is 0 Å². The molecule has 0 spiro atoms. The molecule has 0 aliphatic heterocycles. The first-order valence-electron chi connectivity index (χ1n) is 6.81. The number of ether oxygens (including phenoxy) is 1. The molecule has 1 unspecified atom stereocenters. The molecule has 1 atom stereocenters. The fraction of sp³-hybridized carbons (Fsp3) is 0.188. The molecule has 0 saturated heterocycles. The molecule has 0 aliphatic carbocycles. The van der Waals surface area contributed by atoms with Crippen molar-refractivity contribution in [2.75, 3.05) is 5.32 Å². The van der Waals surface area contributed by atoms with Crippen molar-refractivity contribution in [3.05, 3.63) is 59.0 Å². The van der Waals surface area contributed by atoms with Crippen LogP contribution in [-0.2, 0) is 20.7 Å². The van der Waals surface area contributed by atoms with E-state index in [1.54, 1.807) is 12.1 Å². The van der Waals surface area contributed by atoms with Gasteiger partial charge in [0.05, 0.1) is 11.4 Å². The average molecular weight is 337 g/mol. The topological polar surface area (TPSA) is 68.3 Å². The molecule has 1 N–H and O–H groups in total. The van der Waals surface area contributed by atoms with Gasteiger partial charge in [-0.25, -0.2) is 9.37 Å². The van der Waals surface area contributed by atoms with E-state index in [2.05, 4.69) is 10.3 Å². The molecule has 0 bridgehead atoms. The number of hydrogen-bond acceptors (Lipinski definition) is 4. The van der Waals surface area contributed by atoms with Crippen molar-refractivity contribution in [1.82, 2.24) is 4.98 Å². The van der Waals surface area contributed by atoms with Crippen molar-refractivity contribution in [1.29, 1.82) is 0 Å². The summed E-state index contributed by atoms with van der Waals surface area (Å²) < 4.78 is 18.5. The molecule has 1 aromatic carbocycles. The largest absolute Gasteiger partial charge is 0.452 e. The highest BCUT2D eigenvalue weighted by atomic mass is 35.5. The van der Waals surface area contributed by atoms with Crippen LogP contribution in [0.2, 0.25) is 5.02 Å². The lowest BCUT2D eigenvalue weighted by Gasteiger charge is -2.13. The minimum Gasteiger partial charge on any atom is -0.452 e. The average Bonchev–Trinajstić information content (AvgIpc) is 2.51. The van der Waals surface area contributed by atoms with E-state index < -0.39 is 23.8 Å². The minimum atomic E-state index is -1.04. The van der Waals surface area contributed by atoms with Gasteiger partial charge in [0.2, 0.25) is 0 Å². The summed E-state index contributed by atoms with van der Waals surface area (Å²) in [6, 6.07) is 8.98. The van der Waals surface area contributed by atoms with E-state index in [0.29, 0.717) is 5.02 Å². The minimum absolute atomic E-state index is 0.212. The fourth-order valence-electron chi connectivity index (χ4n) is 1.77. The van der Waals surface area contributed by atoms with Crippen LogP contribution in [0, 0.1) is 5.82 Å². The Bertz CT molecular complexity index is 707. The first kappa shape index (κ1) is 16.9. The maximum atomic E-state index is 13.5. The summed E-state index contributed by atoms with van der Waals surface area (Å²) in [5.74, 6) is -1.44. The van der Waals surface area contributed by atoms with E-state index in [4.69, 9.17) is 16.3 Å². The zero-order valence-electron chi connectivity index (χ0n) is 12.3. The number of aromatic nitrogens is 1. The number of nitrogens with one attached hydrogen (secondary N) is 1. The van der Waals surface area contributed by atoms with Crippen LogP contribution in [0.15, 0.2) is 42.6 Å². The third-order valence-electron chi connectivity index (χ3n) is 2.95. The van der Waals surface area contributed by atoms with E-state index in [9.17, 15) is 14.0 Å². The Kier molecular flexibility index (Phi) is 5.65. The summed E-state index contributed by atoms with van der Waals surface area (Å²) in [6.45, 7) is 1.42. The molecule has 23 heavy (non-hydrogen) atoms. The molecular weight excluding hydrogens is 323 g/mol. The van der Waals surface area contributed by atoms with Crippen LogP contribution < -0.4 is 5.32 Å². The molecular formula is C16H14ClFN2O3. The smallest absolute Gasteiger partial charge is 0.311 e. The first-order chi connectivity index (χ1) is 11.0. The maximum absolute atomic E-state index is 13.5. The number of amides is 1. The highest BCUT2D eigenvalue weighted by Gasteiger charge is 2.19. The lowest BCUT2D eigenvalue weighted by atomic mass is 10.1. The molecule has 2 rings (SSSR count). The van der Waals surface area contributed by atoms with Gasteiger partial charge in [-0.2, -0.15) is 0 Å². The van der Waals surface area contributed by atoms with Gasteiger partial charge in [-0.3, -0.25) is 9.59 Å². The number of rotatable bonds is 5. The molecule has 120 valence electrons. The number of benzene rings is 1. The van der Waals surface area contributed by atoms with Gasteiger partial charge >= 0.3 is 5.97 Å². The third-order valence-corrected chi connectivity index (χ3v) is 3.17. The van der Waals surface area contributed by atoms with E-state index in [1.165, 1.54) is 37.4 Å². The van der Waals surface area contributed by atoms with Crippen molar-refractivity contribution in [3.63, 3.8) is 0 Å². The van der Waals surface area contributed by atoms with Crippen molar-refractivity contribution in [2.24, 2.45) is 0 Å². The van der Waals surface area contributed by atoms with Gasteiger partial charge in [0.25, 0.3) is 5.91 Å².